The Morgan fingerprint density at radius 3 is 2.33 bits per heavy atom. The molecular weight excluding hydrogens is 249 g/mol. The maximum Gasteiger partial charge on any atom is 0.471 e. The average Bonchev–Trinajstić information content (AvgIpc) is 2.34. The summed E-state index contributed by atoms with van der Waals surface area (Å²) in [5.41, 5.74) is 0.617. The van der Waals surface area contributed by atoms with Gasteiger partial charge in [0.1, 0.15) is 0 Å². The van der Waals surface area contributed by atoms with Gasteiger partial charge in [-0.1, -0.05) is 12.1 Å². The normalized spacial score (nSPS) is 12.6. The van der Waals surface area contributed by atoms with Gasteiger partial charge in [-0.05, 0) is 17.7 Å². The lowest BCUT2D eigenvalue weighted by atomic mass is 10.1. The fraction of sp³-hybridized carbons (Fsp3) is 0.273. The van der Waals surface area contributed by atoms with Crippen LogP contribution in [0.25, 0.3) is 0 Å². The second-order valence-corrected chi connectivity index (χ2v) is 3.44. The van der Waals surface area contributed by atoms with E-state index in [2.05, 4.69) is 0 Å². The first-order valence-electron chi connectivity index (χ1n) is 4.87. The number of alkyl halides is 3. The minimum Gasteiger partial charge on any atom is -0.394 e. The van der Waals surface area contributed by atoms with Gasteiger partial charge in [-0.15, -0.1) is 0 Å². The van der Waals surface area contributed by atoms with Crippen LogP contribution >= 0.6 is 0 Å². The van der Waals surface area contributed by atoms with Crippen LogP contribution in [0.5, 0.6) is 0 Å². The van der Waals surface area contributed by atoms with Crippen molar-refractivity contribution >= 4 is 5.91 Å². The average molecular weight is 258 g/mol. The van der Waals surface area contributed by atoms with Crippen LogP contribution in [-0.4, -0.2) is 23.8 Å². The topological polar surface area (TPSA) is 73.1 Å². The van der Waals surface area contributed by atoms with E-state index in [1.807, 2.05) is 6.07 Å². The Morgan fingerprint density at radius 1 is 1.39 bits per heavy atom. The molecule has 18 heavy (non-hydrogen) atoms. The Balaban J connectivity index is 2.84. The molecule has 0 fully saturated rings. The molecule has 0 aliphatic rings. The first-order valence-corrected chi connectivity index (χ1v) is 4.87. The Kier molecular flexibility index (Phi) is 4.28. The molecule has 1 atom stereocenters. The maximum atomic E-state index is 12.0. The summed E-state index contributed by atoms with van der Waals surface area (Å²) in [5, 5.41) is 19.2. The monoisotopic (exact) mass is 258 g/mol. The SMILES string of the molecule is N#Cc1ccc(C(CO)NC(=O)C(F)(F)F)cc1. The van der Waals surface area contributed by atoms with Gasteiger partial charge in [-0.25, -0.2) is 0 Å². The molecule has 0 aliphatic heterocycles. The number of nitrogens with zero attached hydrogens (tertiary/aromatic N) is 1. The number of aliphatic hydroxyl groups is 1. The highest BCUT2D eigenvalue weighted by Crippen LogP contribution is 2.19. The third kappa shape index (κ3) is 3.46. The van der Waals surface area contributed by atoms with Crippen LogP contribution in [0.2, 0.25) is 0 Å². The first-order chi connectivity index (χ1) is 8.38. The van der Waals surface area contributed by atoms with E-state index >= 15 is 0 Å². The molecule has 0 saturated heterocycles. The van der Waals surface area contributed by atoms with Crippen LogP contribution in [0, 0.1) is 11.3 Å². The zero-order valence-corrected chi connectivity index (χ0v) is 9.03. The molecule has 4 nitrogen and oxygen atoms in total. The highest BCUT2D eigenvalue weighted by atomic mass is 19.4. The van der Waals surface area contributed by atoms with Crippen LogP contribution in [-0.2, 0) is 4.79 Å². The molecule has 7 heteroatoms. The number of nitriles is 1. The zero-order chi connectivity index (χ0) is 13.8. The predicted molar refractivity (Wildman–Crippen MR) is 55.2 cm³/mol. The van der Waals surface area contributed by atoms with E-state index in [-0.39, 0.29) is 5.56 Å². The highest BCUT2D eigenvalue weighted by molar-refractivity contribution is 5.82. The number of amides is 1. The van der Waals surface area contributed by atoms with E-state index in [4.69, 9.17) is 10.4 Å². The molecule has 1 amide bonds. The lowest BCUT2D eigenvalue weighted by Gasteiger charge is -2.17. The van der Waals surface area contributed by atoms with Gasteiger partial charge in [0.15, 0.2) is 0 Å². The van der Waals surface area contributed by atoms with Crippen LogP contribution in [0.3, 0.4) is 0 Å². The molecule has 0 radical (unpaired) electrons. The van der Waals surface area contributed by atoms with Gasteiger partial charge in [0.05, 0.1) is 24.3 Å². The number of carbonyl (C=O) groups excluding carboxylic acids is 1. The van der Waals surface area contributed by atoms with Gasteiger partial charge >= 0.3 is 12.1 Å². The molecule has 0 bridgehead atoms. The summed E-state index contributed by atoms with van der Waals surface area (Å²) in [5.74, 6) is -2.12. The Morgan fingerprint density at radius 2 is 1.94 bits per heavy atom. The van der Waals surface area contributed by atoms with Gasteiger partial charge in [-0.3, -0.25) is 4.79 Å². The van der Waals surface area contributed by atoms with Gasteiger partial charge < -0.3 is 10.4 Å². The number of hydrogen-bond acceptors (Lipinski definition) is 3. The van der Waals surface area contributed by atoms with E-state index < -0.39 is 24.7 Å². The summed E-state index contributed by atoms with van der Waals surface area (Å²) in [6.07, 6.45) is -5.00. The predicted octanol–water partition coefficient (Wildman–Crippen LogP) is 1.27. The van der Waals surface area contributed by atoms with E-state index in [0.717, 1.165) is 0 Å². The molecule has 1 unspecified atom stereocenters. The third-order valence-electron chi connectivity index (χ3n) is 2.19. The molecule has 1 rings (SSSR count). The molecule has 1 aromatic rings. The van der Waals surface area contributed by atoms with Gasteiger partial charge in [0.2, 0.25) is 0 Å². The molecule has 0 heterocycles. The van der Waals surface area contributed by atoms with Crippen molar-refractivity contribution in [3.63, 3.8) is 0 Å². The minimum atomic E-state index is -5.00. The number of nitrogens with one attached hydrogen (secondary N) is 1. The maximum absolute atomic E-state index is 12.0. The minimum absolute atomic E-state index is 0.286. The van der Waals surface area contributed by atoms with Crippen molar-refractivity contribution in [2.24, 2.45) is 0 Å². The van der Waals surface area contributed by atoms with Crippen molar-refractivity contribution in [2.75, 3.05) is 6.61 Å². The number of rotatable bonds is 3. The lowest BCUT2D eigenvalue weighted by molar-refractivity contribution is -0.174. The molecule has 1 aromatic carbocycles. The molecule has 0 saturated carbocycles. The van der Waals surface area contributed by atoms with Gasteiger partial charge in [-0.2, -0.15) is 18.4 Å². The number of hydrogen-bond donors (Lipinski definition) is 2. The molecule has 0 aromatic heterocycles. The standard InChI is InChI=1S/C11H9F3N2O2/c12-11(13,14)10(18)16-9(6-17)8-3-1-7(5-15)2-4-8/h1-4,9,17H,6H2,(H,16,18). The fourth-order valence-electron chi connectivity index (χ4n) is 1.26. The summed E-state index contributed by atoms with van der Waals surface area (Å²) in [6, 6.07) is 6.20. The van der Waals surface area contributed by atoms with Gasteiger partial charge in [0, 0.05) is 0 Å². The molecule has 2 N–H and O–H groups in total. The van der Waals surface area contributed by atoms with E-state index in [1.54, 1.807) is 5.32 Å². The van der Waals surface area contributed by atoms with Crippen LogP contribution in [0.4, 0.5) is 13.2 Å². The summed E-state index contributed by atoms with van der Waals surface area (Å²) in [4.78, 5) is 10.7. The summed E-state index contributed by atoms with van der Waals surface area (Å²) in [6.45, 7) is -0.673. The van der Waals surface area contributed by atoms with E-state index in [9.17, 15) is 18.0 Å². The lowest BCUT2D eigenvalue weighted by Crippen LogP contribution is -2.40. The Hall–Kier alpha value is -2.07. The van der Waals surface area contributed by atoms with E-state index in [0.29, 0.717) is 5.56 Å². The van der Waals surface area contributed by atoms with Crippen molar-refractivity contribution in [2.45, 2.75) is 12.2 Å². The van der Waals surface area contributed by atoms with Crippen LogP contribution in [0.1, 0.15) is 17.2 Å². The Labute approximate surface area is 101 Å². The number of halogens is 3. The van der Waals surface area contributed by atoms with Crippen LogP contribution < -0.4 is 5.32 Å². The fourth-order valence-corrected chi connectivity index (χ4v) is 1.26. The first kappa shape index (κ1) is 14.0. The van der Waals surface area contributed by atoms with Crippen molar-refractivity contribution in [3.8, 4) is 6.07 Å². The molecular formula is C11H9F3N2O2. The second kappa shape index (κ2) is 5.51. The summed E-state index contributed by atoms with van der Waals surface area (Å²) >= 11 is 0. The smallest absolute Gasteiger partial charge is 0.394 e. The third-order valence-corrected chi connectivity index (χ3v) is 2.19. The zero-order valence-electron chi connectivity index (χ0n) is 9.03. The Bertz CT molecular complexity index is 463. The number of carbonyl (C=O) groups is 1. The number of benzene rings is 1. The van der Waals surface area contributed by atoms with E-state index in [1.165, 1.54) is 24.3 Å². The van der Waals surface area contributed by atoms with Crippen molar-refractivity contribution < 1.29 is 23.1 Å². The molecule has 96 valence electrons. The highest BCUT2D eigenvalue weighted by Gasteiger charge is 2.39. The van der Waals surface area contributed by atoms with Crippen molar-refractivity contribution in [1.82, 2.24) is 5.32 Å². The quantitative estimate of drug-likeness (QED) is 0.857. The largest absolute Gasteiger partial charge is 0.471 e. The summed E-state index contributed by atoms with van der Waals surface area (Å²) in [7, 11) is 0. The summed E-state index contributed by atoms with van der Waals surface area (Å²) < 4.78 is 36.1. The van der Waals surface area contributed by atoms with Crippen molar-refractivity contribution in [3.05, 3.63) is 35.4 Å². The van der Waals surface area contributed by atoms with Crippen LogP contribution in [0.15, 0.2) is 24.3 Å². The molecule has 0 aliphatic carbocycles. The molecule has 0 spiro atoms. The van der Waals surface area contributed by atoms with Crippen molar-refractivity contribution in [1.29, 1.82) is 5.26 Å². The van der Waals surface area contributed by atoms with Gasteiger partial charge in [0.25, 0.3) is 0 Å². The second-order valence-electron chi connectivity index (χ2n) is 3.44. The number of aliphatic hydroxyl groups excluding tert-OH is 1.